The van der Waals surface area contributed by atoms with Crippen LogP contribution in [0.1, 0.15) is 18.2 Å². The fraction of sp³-hybridized carbons (Fsp3) is 0.786. The highest BCUT2D eigenvalue weighted by atomic mass is 32.1. The van der Waals surface area contributed by atoms with E-state index in [0.29, 0.717) is 12.0 Å². The molecule has 0 spiro atoms. The molecule has 1 saturated heterocycles. The fourth-order valence-electron chi connectivity index (χ4n) is 2.67. The Bertz CT molecular complexity index is 435. The molecule has 1 aliphatic heterocycles. The molecule has 1 N–H and O–H groups in total. The molecular weight excluding hydrogens is 272 g/mol. The second-order valence-electron chi connectivity index (χ2n) is 5.84. The molecule has 0 aliphatic carbocycles. The lowest BCUT2D eigenvalue weighted by Gasteiger charge is -2.35. The summed E-state index contributed by atoms with van der Waals surface area (Å²) >= 11 is 1.70. The summed E-state index contributed by atoms with van der Waals surface area (Å²) in [5, 5.41) is 4.68. The van der Waals surface area contributed by atoms with Gasteiger partial charge in [-0.3, -0.25) is 0 Å². The van der Waals surface area contributed by atoms with Crippen LogP contribution in [0.4, 0.5) is 5.13 Å². The first-order chi connectivity index (χ1) is 9.51. The van der Waals surface area contributed by atoms with Gasteiger partial charge in [0.05, 0.1) is 12.0 Å². The third kappa shape index (κ3) is 3.62. The van der Waals surface area contributed by atoms with Gasteiger partial charge in [-0.25, -0.2) is 0 Å². The van der Waals surface area contributed by atoms with E-state index >= 15 is 0 Å². The molecule has 2 rings (SSSR count). The molecule has 6 heteroatoms. The Morgan fingerprint density at radius 2 is 2.25 bits per heavy atom. The number of ether oxygens (including phenoxy) is 1. The topological polar surface area (TPSA) is 40.6 Å². The lowest BCUT2D eigenvalue weighted by atomic mass is 9.94. The van der Waals surface area contributed by atoms with Crippen LogP contribution in [0.5, 0.6) is 5.88 Å². The first-order valence-corrected chi connectivity index (χ1v) is 7.95. The van der Waals surface area contributed by atoms with Crippen molar-refractivity contribution >= 4 is 16.5 Å². The number of aromatic nitrogens is 1. The van der Waals surface area contributed by atoms with E-state index in [4.69, 9.17) is 4.74 Å². The van der Waals surface area contributed by atoms with Crippen molar-refractivity contribution in [2.75, 3.05) is 46.2 Å². The highest BCUT2D eigenvalue weighted by molar-refractivity contribution is 7.15. The van der Waals surface area contributed by atoms with Crippen LogP contribution >= 0.6 is 11.3 Å². The van der Waals surface area contributed by atoms with Crippen molar-refractivity contribution in [3.8, 4) is 5.88 Å². The van der Waals surface area contributed by atoms with Crippen molar-refractivity contribution in [2.45, 2.75) is 25.9 Å². The van der Waals surface area contributed by atoms with Crippen LogP contribution in [0, 0.1) is 5.92 Å². The molecule has 1 aliphatic rings. The highest BCUT2D eigenvalue weighted by Crippen LogP contribution is 2.30. The summed E-state index contributed by atoms with van der Waals surface area (Å²) in [5.74, 6) is 1.44. The SMILES string of the molecule is COc1nc(N(C)C)sc1CNC1CCN(C)CC1C. The number of nitrogens with one attached hydrogen (secondary N) is 1. The van der Waals surface area contributed by atoms with E-state index < -0.39 is 0 Å². The maximum Gasteiger partial charge on any atom is 0.230 e. The number of nitrogens with zero attached hydrogens (tertiary/aromatic N) is 3. The standard InChI is InChI=1S/C14H26N4OS/c1-10-9-18(4)7-6-11(10)15-8-12-13(19-5)16-14(20-12)17(2)3/h10-11,15H,6-9H2,1-5H3. The molecule has 114 valence electrons. The number of anilines is 1. The van der Waals surface area contributed by atoms with Gasteiger partial charge in [0.2, 0.25) is 5.88 Å². The largest absolute Gasteiger partial charge is 0.480 e. The normalized spacial score (nSPS) is 23.9. The molecule has 0 radical (unpaired) electrons. The summed E-state index contributed by atoms with van der Waals surface area (Å²) in [6.45, 7) is 5.50. The minimum absolute atomic E-state index is 0.584. The van der Waals surface area contributed by atoms with Gasteiger partial charge in [0.25, 0.3) is 0 Å². The van der Waals surface area contributed by atoms with Crippen LogP contribution in [0.15, 0.2) is 0 Å². The summed E-state index contributed by atoms with van der Waals surface area (Å²) < 4.78 is 5.38. The van der Waals surface area contributed by atoms with Gasteiger partial charge in [0.15, 0.2) is 5.13 Å². The molecule has 2 atom stereocenters. The summed E-state index contributed by atoms with van der Waals surface area (Å²) in [7, 11) is 7.90. The van der Waals surface area contributed by atoms with E-state index in [0.717, 1.165) is 17.6 Å². The zero-order valence-electron chi connectivity index (χ0n) is 13.1. The Morgan fingerprint density at radius 1 is 1.50 bits per heavy atom. The van der Waals surface area contributed by atoms with E-state index in [9.17, 15) is 0 Å². The maximum absolute atomic E-state index is 5.38. The average molecular weight is 298 g/mol. The Morgan fingerprint density at radius 3 is 2.85 bits per heavy atom. The van der Waals surface area contributed by atoms with Crippen molar-refractivity contribution in [1.29, 1.82) is 0 Å². The van der Waals surface area contributed by atoms with Gasteiger partial charge in [-0.2, -0.15) is 4.98 Å². The Kier molecular flexibility index (Phi) is 5.23. The number of rotatable bonds is 5. The van der Waals surface area contributed by atoms with Crippen molar-refractivity contribution in [2.24, 2.45) is 5.92 Å². The number of hydrogen-bond donors (Lipinski definition) is 1. The van der Waals surface area contributed by atoms with E-state index in [-0.39, 0.29) is 0 Å². The van der Waals surface area contributed by atoms with Crippen LogP contribution in [-0.2, 0) is 6.54 Å². The first-order valence-electron chi connectivity index (χ1n) is 7.14. The Hall–Kier alpha value is -0.850. The fourth-order valence-corrected chi connectivity index (χ4v) is 3.57. The van der Waals surface area contributed by atoms with Gasteiger partial charge < -0.3 is 19.9 Å². The highest BCUT2D eigenvalue weighted by Gasteiger charge is 2.24. The number of methoxy groups -OCH3 is 1. The van der Waals surface area contributed by atoms with Gasteiger partial charge in [-0.1, -0.05) is 18.3 Å². The van der Waals surface area contributed by atoms with Crippen molar-refractivity contribution in [1.82, 2.24) is 15.2 Å². The minimum Gasteiger partial charge on any atom is -0.480 e. The molecule has 0 aromatic carbocycles. The molecule has 2 unspecified atom stereocenters. The van der Waals surface area contributed by atoms with Gasteiger partial charge in [-0.05, 0) is 25.9 Å². The molecule has 20 heavy (non-hydrogen) atoms. The number of thiazole rings is 1. The molecule has 2 heterocycles. The first kappa shape index (κ1) is 15.5. The predicted octanol–water partition coefficient (Wildman–Crippen LogP) is 1.65. The zero-order chi connectivity index (χ0) is 14.7. The second-order valence-corrected chi connectivity index (χ2v) is 6.90. The number of piperidine rings is 1. The van der Waals surface area contributed by atoms with Crippen LogP contribution in [-0.4, -0.2) is 57.3 Å². The monoisotopic (exact) mass is 298 g/mol. The third-order valence-electron chi connectivity index (χ3n) is 3.86. The summed E-state index contributed by atoms with van der Waals surface area (Å²) in [5.41, 5.74) is 0. The van der Waals surface area contributed by atoms with E-state index in [1.807, 2.05) is 19.0 Å². The van der Waals surface area contributed by atoms with Crippen LogP contribution in [0.25, 0.3) is 0 Å². The number of hydrogen-bond acceptors (Lipinski definition) is 6. The van der Waals surface area contributed by atoms with Crippen molar-refractivity contribution in [3.05, 3.63) is 4.88 Å². The lowest BCUT2D eigenvalue weighted by molar-refractivity contribution is 0.174. The zero-order valence-corrected chi connectivity index (χ0v) is 14.0. The van der Waals surface area contributed by atoms with Crippen molar-refractivity contribution in [3.63, 3.8) is 0 Å². The molecule has 0 amide bonds. The molecule has 1 aromatic heterocycles. The van der Waals surface area contributed by atoms with E-state index in [1.54, 1.807) is 18.4 Å². The predicted molar refractivity (Wildman–Crippen MR) is 84.9 cm³/mol. The van der Waals surface area contributed by atoms with E-state index in [2.05, 4.69) is 29.2 Å². The maximum atomic E-state index is 5.38. The van der Waals surface area contributed by atoms with Gasteiger partial charge in [0, 0.05) is 33.2 Å². The molecule has 0 bridgehead atoms. The van der Waals surface area contributed by atoms with Crippen LogP contribution in [0.3, 0.4) is 0 Å². The molecular formula is C14H26N4OS. The molecule has 0 saturated carbocycles. The quantitative estimate of drug-likeness (QED) is 0.895. The molecule has 1 aromatic rings. The van der Waals surface area contributed by atoms with Gasteiger partial charge >= 0.3 is 0 Å². The van der Waals surface area contributed by atoms with Crippen molar-refractivity contribution < 1.29 is 4.74 Å². The van der Waals surface area contributed by atoms with E-state index in [1.165, 1.54) is 24.4 Å². The number of likely N-dealkylation sites (tertiary alicyclic amines) is 1. The summed E-state index contributed by atoms with van der Waals surface area (Å²) in [6, 6.07) is 0.584. The summed E-state index contributed by atoms with van der Waals surface area (Å²) in [4.78, 5) is 10.1. The van der Waals surface area contributed by atoms with Gasteiger partial charge in [0.1, 0.15) is 0 Å². The van der Waals surface area contributed by atoms with Gasteiger partial charge in [-0.15, -0.1) is 0 Å². The smallest absolute Gasteiger partial charge is 0.230 e. The Balaban J connectivity index is 1.96. The van der Waals surface area contributed by atoms with Crippen LogP contribution in [0.2, 0.25) is 0 Å². The molecule has 5 nitrogen and oxygen atoms in total. The second kappa shape index (κ2) is 6.74. The van der Waals surface area contributed by atoms with Crippen LogP contribution < -0.4 is 15.0 Å². The average Bonchev–Trinajstić information content (AvgIpc) is 2.81. The lowest BCUT2D eigenvalue weighted by Crippen LogP contribution is -2.46. The Labute approximate surface area is 125 Å². The minimum atomic E-state index is 0.584. The molecule has 1 fully saturated rings. The summed E-state index contributed by atoms with van der Waals surface area (Å²) in [6.07, 6.45) is 1.21. The third-order valence-corrected chi connectivity index (χ3v) is 5.06.